The van der Waals surface area contributed by atoms with Crippen LogP contribution in [0.15, 0.2) is 53.7 Å². The molecule has 0 spiro atoms. The third-order valence-electron chi connectivity index (χ3n) is 3.19. The third kappa shape index (κ3) is 1.44. The maximum atomic E-state index is 4.80. The van der Waals surface area contributed by atoms with Crippen LogP contribution in [0.2, 0.25) is 0 Å². The Balaban J connectivity index is 2.06. The predicted octanol–water partition coefficient (Wildman–Crippen LogP) is 3.90. The van der Waals surface area contributed by atoms with E-state index in [4.69, 9.17) is 4.98 Å². The summed E-state index contributed by atoms with van der Waals surface area (Å²) < 4.78 is 0. The Labute approximate surface area is 109 Å². The van der Waals surface area contributed by atoms with Crippen LogP contribution in [0.3, 0.4) is 0 Å². The second-order valence-electron chi connectivity index (χ2n) is 4.33. The van der Waals surface area contributed by atoms with E-state index in [1.807, 2.05) is 18.3 Å². The lowest BCUT2D eigenvalue weighted by Crippen LogP contribution is -2.00. The highest BCUT2D eigenvalue weighted by Crippen LogP contribution is 2.39. The van der Waals surface area contributed by atoms with Crippen molar-refractivity contribution in [2.45, 2.75) is 10.8 Å². The summed E-state index contributed by atoms with van der Waals surface area (Å²) in [7, 11) is 0. The standard InChI is InChI=1S/C15H10N2S/c1-2-6-13-10(4-1)8-11-9-18-15-12(14(11)17-13)5-3-7-16-15/h1-8H,9H2. The Morgan fingerprint density at radius 1 is 1.06 bits per heavy atom. The van der Waals surface area contributed by atoms with Gasteiger partial charge in [0.1, 0.15) is 5.03 Å². The normalized spacial score (nSPS) is 13.1. The SMILES string of the molecule is c1cnc2c(c1)-c1nc3ccccc3cc1CS2. The smallest absolute Gasteiger partial charge is 0.106 e. The number of pyridine rings is 2. The van der Waals surface area contributed by atoms with Crippen LogP contribution in [0.5, 0.6) is 0 Å². The van der Waals surface area contributed by atoms with Crippen molar-refractivity contribution < 1.29 is 0 Å². The van der Waals surface area contributed by atoms with Crippen molar-refractivity contribution in [2.24, 2.45) is 0 Å². The molecule has 0 unspecified atom stereocenters. The highest BCUT2D eigenvalue weighted by molar-refractivity contribution is 7.98. The zero-order chi connectivity index (χ0) is 11.9. The van der Waals surface area contributed by atoms with E-state index < -0.39 is 0 Å². The first-order valence-electron chi connectivity index (χ1n) is 5.89. The maximum Gasteiger partial charge on any atom is 0.106 e. The first-order valence-corrected chi connectivity index (χ1v) is 6.87. The van der Waals surface area contributed by atoms with Gasteiger partial charge in [-0.25, -0.2) is 9.97 Å². The van der Waals surface area contributed by atoms with E-state index >= 15 is 0 Å². The highest BCUT2D eigenvalue weighted by atomic mass is 32.2. The van der Waals surface area contributed by atoms with Crippen LogP contribution in [0.4, 0.5) is 0 Å². The van der Waals surface area contributed by atoms with Crippen molar-refractivity contribution in [3.05, 3.63) is 54.2 Å². The van der Waals surface area contributed by atoms with E-state index in [9.17, 15) is 0 Å². The lowest BCUT2D eigenvalue weighted by molar-refractivity contribution is 1.10. The van der Waals surface area contributed by atoms with Gasteiger partial charge in [0.25, 0.3) is 0 Å². The Kier molecular flexibility index (Phi) is 2.14. The molecule has 0 N–H and O–H groups in total. The predicted molar refractivity (Wildman–Crippen MR) is 74.5 cm³/mol. The first-order chi connectivity index (χ1) is 8.92. The molecule has 0 saturated heterocycles. The average molecular weight is 250 g/mol. The van der Waals surface area contributed by atoms with Gasteiger partial charge < -0.3 is 0 Å². The van der Waals surface area contributed by atoms with Crippen LogP contribution in [-0.4, -0.2) is 9.97 Å². The van der Waals surface area contributed by atoms with E-state index in [1.165, 1.54) is 10.9 Å². The number of para-hydroxylation sites is 1. The van der Waals surface area contributed by atoms with Gasteiger partial charge in [0.05, 0.1) is 11.2 Å². The van der Waals surface area contributed by atoms with Crippen molar-refractivity contribution in [3.63, 3.8) is 0 Å². The zero-order valence-electron chi connectivity index (χ0n) is 9.63. The number of benzene rings is 1. The Morgan fingerprint density at radius 3 is 3.00 bits per heavy atom. The molecule has 2 nitrogen and oxygen atoms in total. The molecule has 86 valence electrons. The molecule has 2 aromatic heterocycles. The molecule has 0 atom stereocenters. The molecule has 3 aromatic rings. The zero-order valence-corrected chi connectivity index (χ0v) is 10.4. The summed E-state index contributed by atoms with van der Waals surface area (Å²) in [5.41, 5.74) is 4.61. The summed E-state index contributed by atoms with van der Waals surface area (Å²) >= 11 is 1.79. The van der Waals surface area contributed by atoms with E-state index in [1.54, 1.807) is 11.8 Å². The Bertz CT molecular complexity index is 752. The lowest BCUT2D eigenvalue weighted by atomic mass is 10.1. The molecule has 0 aliphatic carbocycles. The van der Waals surface area contributed by atoms with Crippen LogP contribution in [0.1, 0.15) is 5.56 Å². The minimum absolute atomic E-state index is 0.956. The fourth-order valence-corrected chi connectivity index (χ4v) is 3.30. The topological polar surface area (TPSA) is 25.8 Å². The third-order valence-corrected chi connectivity index (χ3v) is 4.25. The van der Waals surface area contributed by atoms with Gasteiger partial charge in [-0.2, -0.15) is 0 Å². The van der Waals surface area contributed by atoms with Gasteiger partial charge in [-0.1, -0.05) is 18.2 Å². The van der Waals surface area contributed by atoms with Crippen LogP contribution < -0.4 is 0 Å². The van der Waals surface area contributed by atoms with Crippen LogP contribution >= 0.6 is 11.8 Å². The van der Waals surface area contributed by atoms with E-state index in [2.05, 4.69) is 35.3 Å². The second-order valence-corrected chi connectivity index (χ2v) is 5.30. The summed E-state index contributed by atoms with van der Waals surface area (Å²) in [6.45, 7) is 0. The van der Waals surface area contributed by atoms with Crippen molar-refractivity contribution in [2.75, 3.05) is 0 Å². The number of hydrogen-bond donors (Lipinski definition) is 0. The van der Waals surface area contributed by atoms with Crippen LogP contribution in [0.25, 0.3) is 22.2 Å². The quantitative estimate of drug-likeness (QED) is 0.605. The van der Waals surface area contributed by atoms with Crippen molar-refractivity contribution in [3.8, 4) is 11.3 Å². The van der Waals surface area contributed by atoms with Gasteiger partial charge in [-0.05, 0) is 29.8 Å². The van der Waals surface area contributed by atoms with Gasteiger partial charge in [0.15, 0.2) is 0 Å². The summed E-state index contributed by atoms with van der Waals surface area (Å²) in [5, 5.41) is 2.30. The van der Waals surface area contributed by atoms with E-state index in [0.717, 1.165) is 27.6 Å². The molecule has 1 aliphatic heterocycles. The molecular formula is C15H10N2S. The van der Waals surface area contributed by atoms with Gasteiger partial charge in [0, 0.05) is 22.9 Å². The molecule has 1 aromatic carbocycles. The average Bonchev–Trinajstić information content (AvgIpc) is 2.45. The molecule has 3 heteroatoms. The van der Waals surface area contributed by atoms with Crippen molar-refractivity contribution in [1.82, 2.24) is 9.97 Å². The Hall–Kier alpha value is -1.87. The summed E-state index contributed by atoms with van der Waals surface area (Å²) in [5.74, 6) is 0.956. The summed E-state index contributed by atoms with van der Waals surface area (Å²) in [4.78, 5) is 9.22. The molecule has 4 rings (SSSR count). The van der Waals surface area contributed by atoms with Crippen molar-refractivity contribution >= 4 is 22.7 Å². The first kappa shape index (κ1) is 10.1. The fraction of sp³-hybridized carbons (Fsp3) is 0.0667. The molecule has 0 amide bonds. The maximum absolute atomic E-state index is 4.80. The number of hydrogen-bond acceptors (Lipinski definition) is 3. The summed E-state index contributed by atoms with van der Waals surface area (Å²) in [6.07, 6.45) is 1.85. The molecule has 1 aliphatic rings. The van der Waals surface area contributed by atoms with Crippen LogP contribution in [0, 0.1) is 0 Å². The molecule has 0 saturated carbocycles. The minimum Gasteiger partial charge on any atom is -0.249 e. The van der Waals surface area contributed by atoms with Crippen molar-refractivity contribution in [1.29, 1.82) is 0 Å². The minimum atomic E-state index is 0.956. The molecular weight excluding hydrogens is 240 g/mol. The Morgan fingerprint density at radius 2 is 2.00 bits per heavy atom. The number of fused-ring (bicyclic) bond motifs is 4. The van der Waals surface area contributed by atoms with Crippen LogP contribution in [-0.2, 0) is 5.75 Å². The van der Waals surface area contributed by atoms with E-state index in [0.29, 0.717) is 0 Å². The molecule has 0 bridgehead atoms. The lowest BCUT2D eigenvalue weighted by Gasteiger charge is -2.17. The molecule has 0 radical (unpaired) electrons. The molecule has 18 heavy (non-hydrogen) atoms. The van der Waals surface area contributed by atoms with Gasteiger partial charge in [-0.3, -0.25) is 0 Å². The molecule has 3 heterocycles. The van der Waals surface area contributed by atoms with E-state index in [-0.39, 0.29) is 0 Å². The fourth-order valence-electron chi connectivity index (χ4n) is 2.34. The highest BCUT2D eigenvalue weighted by Gasteiger charge is 2.18. The monoisotopic (exact) mass is 250 g/mol. The van der Waals surface area contributed by atoms with Gasteiger partial charge in [0.2, 0.25) is 0 Å². The second kappa shape index (κ2) is 3.82. The summed E-state index contributed by atoms with van der Waals surface area (Å²) in [6, 6.07) is 14.6. The largest absolute Gasteiger partial charge is 0.249 e. The molecule has 0 fully saturated rings. The number of aromatic nitrogens is 2. The van der Waals surface area contributed by atoms with Gasteiger partial charge >= 0.3 is 0 Å². The van der Waals surface area contributed by atoms with Gasteiger partial charge in [-0.15, -0.1) is 11.8 Å². The number of thioether (sulfide) groups is 1. The number of nitrogens with zero attached hydrogens (tertiary/aromatic N) is 2. The number of rotatable bonds is 0.